The second-order valence-electron chi connectivity index (χ2n) is 4.60. The molecule has 23 heavy (non-hydrogen) atoms. The number of hydrogen-bond acceptors (Lipinski definition) is 5. The summed E-state index contributed by atoms with van der Waals surface area (Å²) < 4.78 is 0. The first-order valence-corrected chi connectivity index (χ1v) is 6.96. The van der Waals surface area contributed by atoms with Crippen molar-refractivity contribution in [2.45, 2.75) is 0 Å². The summed E-state index contributed by atoms with van der Waals surface area (Å²) >= 11 is 0. The number of aromatic nitrogens is 2. The Bertz CT molecular complexity index is 801. The topological polar surface area (TPSA) is 79.6 Å². The summed E-state index contributed by atoms with van der Waals surface area (Å²) in [6.45, 7) is 0. The van der Waals surface area contributed by atoms with Crippen LogP contribution in [-0.4, -0.2) is 15.9 Å². The summed E-state index contributed by atoms with van der Waals surface area (Å²) in [5, 5.41) is 10.9. The average molecular weight is 303 g/mol. The van der Waals surface area contributed by atoms with Gasteiger partial charge in [0.25, 0.3) is 5.91 Å². The van der Waals surface area contributed by atoms with E-state index >= 15 is 0 Å². The van der Waals surface area contributed by atoms with Crippen molar-refractivity contribution in [2.24, 2.45) is 10.2 Å². The van der Waals surface area contributed by atoms with Crippen LogP contribution < -0.4 is 5.32 Å². The van der Waals surface area contributed by atoms with Crippen molar-refractivity contribution in [2.75, 3.05) is 5.32 Å². The highest BCUT2D eigenvalue weighted by Gasteiger charge is 2.06. The van der Waals surface area contributed by atoms with Gasteiger partial charge < -0.3 is 5.32 Å². The van der Waals surface area contributed by atoms with Crippen molar-refractivity contribution in [3.63, 3.8) is 0 Å². The molecule has 0 aliphatic rings. The molecule has 0 bridgehead atoms. The number of carbonyl (C=O) groups is 1. The van der Waals surface area contributed by atoms with Gasteiger partial charge in [0, 0.05) is 18.1 Å². The molecule has 6 nitrogen and oxygen atoms in total. The van der Waals surface area contributed by atoms with Crippen molar-refractivity contribution >= 4 is 23.1 Å². The lowest BCUT2D eigenvalue weighted by Gasteiger charge is -2.04. The van der Waals surface area contributed by atoms with Gasteiger partial charge in [0.2, 0.25) is 0 Å². The number of benzene rings is 1. The molecule has 0 spiro atoms. The summed E-state index contributed by atoms with van der Waals surface area (Å²) in [4.78, 5) is 20.0. The van der Waals surface area contributed by atoms with Gasteiger partial charge in [0.05, 0.1) is 5.69 Å². The molecule has 0 fully saturated rings. The minimum Gasteiger partial charge on any atom is -0.321 e. The van der Waals surface area contributed by atoms with E-state index in [2.05, 4.69) is 25.5 Å². The Labute approximate surface area is 133 Å². The maximum atomic E-state index is 12.0. The van der Waals surface area contributed by atoms with Crippen LogP contribution in [-0.2, 0) is 0 Å². The third kappa shape index (κ3) is 4.04. The van der Waals surface area contributed by atoms with Gasteiger partial charge >= 0.3 is 0 Å². The van der Waals surface area contributed by atoms with Gasteiger partial charge in [-0.05, 0) is 48.5 Å². The van der Waals surface area contributed by atoms with E-state index in [4.69, 9.17) is 0 Å². The van der Waals surface area contributed by atoms with E-state index in [0.717, 1.165) is 0 Å². The van der Waals surface area contributed by atoms with E-state index in [0.29, 0.717) is 22.9 Å². The van der Waals surface area contributed by atoms with Crippen LogP contribution in [0, 0.1) is 0 Å². The van der Waals surface area contributed by atoms with Crippen molar-refractivity contribution in [1.29, 1.82) is 0 Å². The van der Waals surface area contributed by atoms with E-state index in [1.165, 1.54) is 0 Å². The lowest BCUT2D eigenvalue weighted by atomic mass is 10.2. The average Bonchev–Trinajstić information content (AvgIpc) is 2.63. The molecule has 0 aliphatic heterocycles. The second-order valence-corrected chi connectivity index (χ2v) is 4.60. The number of rotatable bonds is 4. The van der Waals surface area contributed by atoms with E-state index in [1.54, 1.807) is 60.9 Å². The minimum atomic E-state index is -0.256. The number of nitrogens with one attached hydrogen (secondary N) is 1. The molecule has 1 N–H and O–H groups in total. The molecular weight excluding hydrogens is 290 g/mol. The molecular formula is C17H13N5O. The lowest BCUT2D eigenvalue weighted by Crippen LogP contribution is -2.13. The van der Waals surface area contributed by atoms with Crippen molar-refractivity contribution in [3.05, 3.63) is 78.8 Å². The van der Waals surface area contributed by atoms with Gasteiger partial charge in [0.15, 0.2) is 5.82 Å². The van der Waals surface area contributed by atoms with Gasteiger partial charge in [-0.3, -0.25) is 9.78 Å². The Morgan fingerprint density at radius 3 is 2.22 bits per heavy atom. The van der Waals surface area contributed by atoms with Crippen molar-refractivity contribution in [1.82, 2.24) is 9.97 Å². The first-order valence-electron chi connectivity index (χ1n) is 6.96. The zero-order valence-corrected chi connectivity index (χ0v) is 12.1. The Morgan fingerprint density at radius 1 is 0.826 bits per heavy atom. The van der Waals surface area contributed by atoms with E-state index in [-0.39, 0.29) is 5.91 Å². The van der Waals surface area contributed by atoms with Crippen LogP contribution >= 0.6 is 0 Å². The quantitative estimate of drug-likeness (QED) is 0.735. The summed E-state index contributed by atoms with van der Waals surface area (Å²) in [5.74, 6) is 0.286. The number of pyridine rings is 2. The largest absolute Gasteiger partial charge is 0.321 e. The molecule has 0 aliphatic carbocycles. The highest BCUT2D eigenvalue weighted by atomic mass is 16.1. The van der Waals surface area contributed by atoms with Crippen LogP contribution in [0.5, 0.6) is 0 Å². The molecule has 3 aromatic rings. The van der Waals surface area contributed by atoms with Crippen LogP contribution in [0.1, 0.15) is 10.5 Å². The first-order chi connectivity index (χ1) is 11.3. The maximum Gasteiger partial charge on any atom is 0.274 e. The van der Waals surface area contributed by atoms with Gasteiger partial charge in [-0.1, -0.05) is 12.1 Å². The molecule has 0 unspecified atom stereocenters. The lowest BCUT2D eigenvalue weighted by molar-refractivity contribution is 0.102. The fraction of sp³-hybridized carbons (Fsp3) is 0. The normalized spacial score (nSPS) is 10.6. The zero-order valence-electron chi connectivity index (χ0n) is 12.1. The summed E-state index contributed by atoms with van der Waals surface area (Å²) in [6.07, 6.45) is 3.24. The van der Waals surface area contributed by atoms with Gasteiger partial charge in [0.1, 0.15) is 5.69 Å². The summed E-state index contributed by atoms with van der Waals surface area (Å²) in [6, 6.07) is 17.7. The fourth-order valence-corrected chi connectivity index (χ4v) is 1.83. The monoisotopic (exact) mass is 303 g/mol. The van der Waals surface area contributed by atoms with Gasteiger partial charge in [-0.2, -0.15) is 0 Å². The number of anilines is 1. The maximum absolute atomic E-state index is 12.0. The molecule has 112 valence electrons. The van der Waals surface area contributed by atoms with Crippen molar-refractivity contribution in [3.8, 4) is 0 Å². The van der Waals surface area contributed by atoms with Crippen molar-refractivity contribution < 1.29 is 4.79 Å². The van der Waals surface area contributed by atoms with E-state index in [1.807, 2.05) is 12.1 Å². The second kappa shape index (κ2) is 7.04. The number of amides is 1. The molecule has 3 rings (SSSR count). The van der Waals surface area contributed by atoms with Crippen LogP contribution in [0.4, 0.5) is 17.2 Å². The summed E-state index contributed by atoms with van der Waals surface area (Å²) in [5.41, 5.74) is 1.70. The van der Waals surface area contributed by atoms with Gasteiger partial charge in [-0.25, -0.2) is 4.98 Å². The number of azo groups is 1. The van der Waals surface area contributed by atoms with Crippen LogP contribution in [0.25, 0.3) is 0 Å². The summed E-state index contributed by atoms with van der Waals surface area (Å²) in [7, 11) is 0. The molecule has 0 atom stereocenters. The van der Waals surface area contributed by atoms with E-state index in [9.17, 15) is 4.79 Å². The molecule has 2 aromatic heterocycles. The van der Waals surface area contributed by atoms with Crippen LogP contribution in [0.2, 0.25) is 0 Å². The minimum absolute atomic E-state index is 0.256. The standard InChI is InChI=1S/C17H13N5O/c23-17(15-5-1-3-11-18-15)20-13-7-9-14(10-8-13)21-22-16-6-2-4-12-19-16/h1-12H,(H,20,23). The first kappa shape index (κ1) is 14.5. The molecule has 2 heterocycles. The van der Waals surface area contributed by atoms with E-state index < -0.39 is 0 Å². The predicted octanol–water partition coefficient (Wildman–Crippen LogP) is 4.14. The number of nitrogens with zero attached hydrogens (tertiary/aromatic N) is 4. The third-order valence-corrected chi connectivity index (χ3v) is 2.94. The molecule has 0 saturated heterocycles. The molecule has 0 radical (unpaired) electrons. The third-order valence-electron chi connectivity index (χ3n) is 2.94. The van der Waals surface area contributed by atoms with Gasteiger partial charge in [-0.15, -0.1) is 10.2 Å². The smallest absolute Gasteiger partial charge is 0.274 e. The molecule has 1 amide bonds. The fourth-order valence-electron chi connectivity index (χ4n) is 1.83. The Hall–Kier alpha value is -3.41. The molecule has 6 heteroatoms. The molecule has 0 saturated carbocycles. The zero-order chi connectivity index (χ0) is 15.9. The van der Waals surface area contributed by atoms with Crippen LogP contribution in [0.3, 0.4) is 0 Å². The van der Waals surface area contributed by atoms with Crippen LogP contribution in [0.15, 0.2) is 83.3 Å². The Kier molecular flexibility index (Phi) is 4.44. The highest BCUT2D eigenvalue weighted by molar-refractivity contribution is 6.02. The number of carbonyl (C=O) groups excluding carboxylic acids is 1. The Morgan fingerprint density at radius 2 is 1.57 bits per heavy atom. The number of hydrogen-bond donors (Lipinski definition) is 1. The highest BCUT2D eigenvalue weighted by Crippen LogP contribution is 2.19. The SMILES string of the molecule is O=C(Nc1ccc(N=Nc2ccccn2)cc1)c1ccccn1. The predicted molar refractivity (Wildman–Crippen MR) is 87.0 cm³/mol. The Balaban J connectivity index is 1.65. The molecule has 1 aromatic carbocycles.